The Kier molecular flexibility index (Phi) is 6.50. The molecule has 1 amide bonds. The van der Waals surface area contributed by atoms with Crippen LogP contribution in [0.1, 0.15) is 13.3 Å². The van der Waals surface area contributed by atoms with Crippen molar-refractivity contribution in [3.05, 3.63) is 30.3 Å². The average molecular weight is 292 g/mol. The number of nitrogens with one attached hydrogen (secondary N) is 1. The summed E-state index contributed by atoms with van der Waals surface area (Å²) in [7, 11) is 0. The summed E-state index contributed by atoms with van der Waals surface area (Å²) in [6.45, 7) is 6.01. The highest BCUT2D eigenvalue weighted by Gasteiger charge is 2.21. The second-order valence-electron chi connectivity index (χ2n) is 5.13. The minimum absolute atomic E-state index is 0.153. The van der Waals surface area contributed by atoms with Crippen LogP contribution in [0.3, 0.4) is 0 Å². The molecule has 2 rings (SSSR count). The zero-order valence-electron chi connectivity index (χ0n) is 12.6. The molecule has 0 aromatic heterocycles. The Hall–Kier alpha value is -1.59. The van der Waals surface area contributed by atoms with E-state index in [9.17, 15) is 4.79 Å². The zero-order valence-corrected chi connectivity index (χ0v) is 12.6. The lowest BCUT2D eigenvalue weighted by atomic mass is 10.2. The number of carbonyl (C=O) groups is 1. The van der Waals surface area contributed by atoms with Crippen LogP contribution in [0.5, 0.6) is 5.75 Å². The van der Waals surface area contributed by atoms with Crippen molar-refractivity contribution in [1.29, 1.82) is 0 Å². The van der Waals surface area contributed by atoms with Gasteiger partial charge in [0.05, 0.1) is 25.9 Å². The standard InChI is InChI=1S/C16H24N2O3/c1-14(16(19)18-9-12-20-13-10-18)17-8-5-11-21-15-6-3-2-4-7-15/h2-4,6-7,14,17H,5,8-13H2,1H3. The minimum Gasteiger partial charge on any atom is -0.494 e. The van der Waals surface area contributed by atoms with Crippen molar-refractivity contribution in [1.82, 2.24) is 10.2 Å². The number of morpholine rings is 1. The minimum atomic E-state index is -0.153. The third kappa shape index (κ3) is 5.36. The van der Waals surface area contributed by atoms with Crippen LogP contribution in [0, 0.1) is 0 Å². The van der Waals surface area contributed by atoms with Gasteiger partial charge in [-0.3, -0.25) is 4.79 Å². The molecule has 1 unspecified atom stereocenters. The SMILES string of the molecule is CC(NCCCOc1ccccc1)C(=O)N1CCOCC1. The number of hydrogen-bond donors (Lipinski definition) is 1. The van der Waals surface area contributed by atoms with Crippen LogP contribution in [0.25, 0.3) is 0 Å². The molecule has 1 aromatic rings. The summed E-state index contributed by atoms with van der Waals surface area (Å²) in [6, 6.07) is 9.61. The summed E-state index contributed by atoms with van der Waals surface area (Å²) < 4.78 is 10.9. The monoisotopic (exact) mass is 292 g/mol. The van der Waals surface area contributed by atoms with E-state index in [4.69, 9.17) is 9.47 Å². The van der Waals surface area contributed by atoms with Crippen LogP contribution >= 0.6 is 0 Å². The molecule has 116 valence electrons. The maximum absolute atomic E-state index is 12.2. The van der Waals surface area contributed by atoms with Gasteiger partial charge < -0.3 is 19.7 Å². The molecule has 5 nitrogen and oxygen atoms in total. The van der Waals surface area contributed by atoms with E-state index in [0.717, 1.165) is 18.7 Å². The number of rotatable bonds is 7. The number of para-hydroxylation sites is 1. The van der Waals surface area contributed by atoms with Gasteiger partial charge in [0.25, 0.3) is 0 Å². The van der Waals surface area contributed by atoms with E-state index in [0.29, 0.717) is 32.9 Å². The highest BCUT2D eigenvalue weighted by atomic mass is 16.5. The molecule has 1 fully saturated rings. The normalized spacial score (nSPS) is 16.5. The first-order valence-electron chi connectivity index (χ1n) is 7.55. The summed E-state index contributed by atoms with van der Waals surface area (Å²) in [5.41, 5.74) is 0. The first-order chi connectivity index (χ1) is 10.3. The molecule has 1 atom stereocenters. The van der Waals surface area contributed by atoms with Gasteiger partial charge in [0.1, 0.15) is 5.75 Å². The summed E-state index contributed by atoms with van der Waals surface area (Å²) in [6.07, 6.45) is 0.871. The number of ether oxygens (including phenoxy) is 2. The fourth-order valence-electron chi connectivity index (χ4n) is 2.24. The number of benzene rings is 1. The van der Waals surface area contributed by atoms with Gasteiger partial charge >= 0.3 is 0 Å². The maximum Gasteiger partial charge on any atom is 0.239 e. The summed E-state index contributed by atoms with van der Waals surface area (Å²) in [5.74, 6) is 1.04. The molecular weight excluding hydrogens is 268 g/mol. The smallest absolute Gasteiger partial charge is 0.239 e. The number of amides is 1. The Morgan fingerprint density at radius 1 is 1.33 bits per heavy atom. The van der Waals surface area contributed by atoms with Crippen LogP contribution < -0.4 is 10.1 Å². The Labute approximate surface area is 126 Å². The molecule has 0 bridgehead atoms. The van der Waals surface area contributed by atoms with Crippen LogP contribution in [0.4, 0.5) is 0 Å². The van der Waals surface area contributed by atoms with E-state index < -0.39 is 0 Å². The maximum atomic E-state index is 12.2. The fourth-order valence-corrected chi connectivity index (χ4v) is 2.24. The van der Waals surface area contributed by atoms with Crippen molar-refractivity contribution in [2.75, 3.05) is 39.5 Å². The average Bonchev–Trinajstić information content (AvgIpc) is 2.55. The van der Waals surface area contributed by atoms with Gasteiger partial charge in [0.2, 0.25) is 5.91 Å². The second kappa shape index (κ2) is 8.64. The molecule has 0 spiro atoms. The Morgan fingerprint density at radius 3 is 2.76 bits per heavy atom. The van der Waals surface area contributed by atoms with E-state index in [-0.39, 0.29) is 11.9 Å². The Bertz CT molecular complexity index is 419. The highest BCUT2D eigenvalue weighted by Crippen LogP contribution is 2.08. The topological polar surface area (TPSA) is 50.8 Å². The number of nitrogens with zero attached hydrogens (tertiary/aromatic N) is 1. The molecule has 0 aliphatic carbocycles. The molecule has 5 heteroatoms. The molecular formula is C16H24N2O3. The van der Waals surface area contributed by atoms with Gasteiger partial charge in [0.15, 0.2) is 0 Å². The van der Waals surface area contributed by atoms with Crippen molar-refractivity contribution in [2.45, 2.75) is 19.4 Å². The lowest BCUT2D eigenvalue weighted by Crippen LogP contribution is -2.49. The molecule has 1 heterocycles. The third-order valence-electron chi connectivity index (χ3n) is 3.48. The lowest BCUT2D eigenvalue weighted by Gasteiger charge is -2.29. The zero-order chi connectivity index (χ0) is 14.9. The van der Waals surface area contributed by atoms with Crippen LogP contribution in [-0.4, -0.2) is 56.3 Å². The van der Waals surface area contributed by atoms with E-state index >= 15 is 0 Å². The molecule has 0 radical (unpaired) electrons. The number of carbonyl (C=O) groups excluding carboxylic acids is 1. The molecule has 1 aliphatic rings. The molecule has 1 N–H and O–H groups in total. The van der Waals surface area contributed by atoms with Crippen molar-refractivity contribution < 1.29 is 14.3 Å². The fraction of sp³-hybridized carbons (Fsp3) is 0.562. The van der Waals surface area contributed by atoms with Crippen molar-refractivity contribution in [3.63, 3.8) is 0 Å². The summed E-state index contributed by atoms with van der Waals surface area (Å²) in [4.78, 5) is 14.0. The summed E-state index contributed by atoms with van der Waals surface area (Å²) in [5, 5.41) is 3.25. The van der Waals surface area contributed by atoms with Gasteiger partial charge in [-0.15, -0.1) is 0 Å². The summed E-state index contributed by atoms with van der Waals surface area (Å²) >= 11 is 0. The molecule has 1 saturated heterocycles. The van der Waals surface area contributed by atoms with Crippen LogP contribution in [0.15, 0.2) is 30.3 Å². The number of hydrogen-bond acceptors (Lipinski definition) is 4. The van der Waals surface area contributed by atoms with Crippen LogP contribution in [0.2, 0.25) is 0 Å². The first kappa shape index (κ1) is 15.8. The van der Waals surface area contributed by atoms with E-state index in [2.05, 4.69) is 5.32 Å². The third-order valence-corrected chi connectivity index (χ3v) is 3.48. The second-order valence-corrected chi connectivity index (χ2v) is 5.13. The van der Waals surface area contributed by atoms with E-state index in [1.165, 1.54) is 0 Å². The van der Waals surface area contributed by atoms with Gasteiger partial charge in [-0.05, 0) is 32.0 Å². The lowest BCUT2D eigenvalue weighted by molar-refractivity contribution is -0.137. The van der Waals surface area contributed by atoms with Crippen molar-refractivity contribution in [3.8, 4) is 5.75 Å². The van der Waals surface area contributed by atoms with Crippen LogP contribution in [-0.2, 0) is 9.53 Å². The first-order valence-corrected chi connectivity index (χ1v) is 7.55. The highest BCUT2D eigenvalue weighted by molar-refractivity contribution is 5.81. The Balaban J connectivity index is 1.58. The van der Waals surface area contributed by atoms with Gasteiger partial charge in [0, 0.05) is 13.1 Å². The molecule has 1 aliphatic heterocycles. The largest absolute Gasteiger partial charge is 0.494 e. The molecule has 21 heavy (non-hydrogen) atoms. The van der Waals surface area contributed by atoms with E-state index in [1.54, 1.807) is 0 Å². The van der Waals surface area contributed by atoms with Gasteiger partial charge in [-0.25, -0.2) is 0 Å². The van der Waals surface area contributed by atoms with Crippen molar-refractivity contribution >= 4 is 5.91 Å². The predicted octanol–water partition coefficient (Wildman–Crippen LogP) is 1.29. The van der Waals surface area contributed by atoms with Gasteiger partial charge in [-0.1, -0.05) is 18.2 Å². The molecule has 1 aromatic carbocycles. The van der Waals surface area contributed by atoms with Crippen molar-refractivity contribution in [2.24, 2.45) is 0 Å². The van der Waals surface area contributed by atoms with E-state index in [1.807, 2.05) is 42.2 Å². The molecule has 0 saturated carbocycles. The Morgan fingerprint density at radius 2 is 2.05 bits per heavy atom. The predicted molar refractivity (Wildman–Crippen MR) is 81.4 cm³/mol. The quantitative estimate of drug-likeness (QED) is 0.770. The van der Waals surface area contributed by atoms with Gasteiger partial charge in [-0.2, -0.15) is 0 Å².